The molecule has 2 heterocycles. The summed E-state index contributed by atoms with van der Waals surface area (Å²) in [6.45, 7) is 8.39. The van der Waals surface area contributed by atoms with E-state index >= 15 is 0 Å². The highest BCUT2D eigenvalue weighted by molar-refractivity contribution is 5.94. The van der Waals surface area contributed by atoms with Gasteiger partial charge in [0.25, 0.3) is 0 Å². The Hall–Kier alpha value is -1.88. The topological polar surface area (TPSA) is 60.9 Å². The van der Waals surface area contributed by atoms with Crippen molar-refractivity contribution in [3.63, 3.8) is 0 Å². The molecule has 0 bridgehead atoms. The first-order chi connectivity index (χ1) is 10.8. The summed E-state index contributed by atoms with van der Waals surface area (Å²) in [6, 6.07) is 10.6. The van der Waals surface area contributed by atoms with Gasteiger partial charge in [-0.05, 0) is 11.0 Å². The van der Waals surface area contributed by atoms with E-state index < -0.39 is 6.09 Å². The van der Waals surface area contributed by atoms with Crippen LogP contribution in [0.15, 0.2) is 30.3 Å². The number of fused-ring (bicyclic) bond motifs is 1. The Morgan fingerprint density at radius 3 is 2.35 bits per heavy atom. The van der Waals surface area contributed by atoms with Crippen LogP contribution < -0.4 is 0 Å². The molecule has 0 aliphatic carbocycles. The first kappa shape index (κ1) is 16.0. The second-order valence-electron chi connectivity index (χ2n) is 7.73. The molecular weight excluding hydrogens is 292 g/mol. The van der Waals surface area contributed by atoms with E-state index in [0.717, 1.165) is 11.4 Å². The number of likely N-dealkylation sites (tertiary alicyclic amines) is 2. The molecule has 1 aromatic rings. The second kappa shape index (κ2) is 5.64. The SMILES string of the molecule is CC(C)(C)C(c1ccccc1)N1C[C@H]2CN(C(=O)O)C(=O)[C@H]2C1. The number of hydrogen-bond acceptors (Lipinski definition) is 3. The van der Waals surface area contributed by atoms with E-state index in [4.69, 9.17) is 5.11 Å². The normalized spacial score (nSPS) is 26.4. The molecule has 1 aromatic carbocycles. The quantitative estimate of drug-likeness (QED) is 0.911. The first-order valence-electron chi connectivity index (χ1n) is 8.12. The van der Waals surface area contributed by atoms with Gasteiger partial charge in [-0.25, -0.2) is 9.69 Å². The standard InChI is InChI=1S/C18H24N2O3/c1-18(2,3)15(12-7-5-4-6-8-12)19-9-13-10-20(17(22)23)16(21)14(13)11-19/h4-8,13-15H,9-11H2,1-3H3,(H,22,23)/t13-,14-,15?/m0/s1. The van der Waals surface area contributed by atoms with E-state index in [1.54, 1.807) is 0 Å². The third-order valence-electron chi connectivity index (χ3n) is 5.00. The fraction of sp³-hybridized carbons (Fsp3) is 0.556. The zero-order chi connectivity index (χ0) is 16.8. The monoisotopic (exact) mass is 316 g/mol. The van der Waals surface area contributed by atoms with Crippen molar-refractivity contribution < 1.29 is 14.7 Å². The van der Waals surface area contributed by atoms with Crippen LogP contribution in [0.1, 0.15) is 32.4 Å². The van der Waals surface area contributed by atoms with Crippen molar-refractivity contribution in [3.8, 4) is 0 Å². The highest BCUT2D eigenvalue weighted by Crippen LogP contribution is 2.43. The molecule has 2 aliphatic heterocycles. The van der Waals surface area contributed by atoms with Gasteiger partial charge in [-0.3, -0.25) is 9.69 Å². The Labute approximate surface area is 136 Å². The van der Waals surface area contributed by atoms with E-state index in [0.29, 0.717) is 13.1 Å². The average molecular weight is 316 g/mol. The molecule has 3 rings (SSSR count). The summed E-state index contributed by atoms with van der Waals surface area (Å²) in [5.41, 5.74) is 1.29. The van der Waals surface area contributed by atoms with Gasteiger partial charge in [0.05, 0.1) is 5.92 Å². The molecule has 5 heteroatoms. The maximum Gasteiger partial charge on any atom is 0.414 e. The molecule has 3 atom stereocenters. The number of hydrogen-bond donors (Lipinski definition) is 1. The molecule has 1 N–H and O–H groups in total. The predicted molar refractivity (Wildman–Crippen MR) is 86.9 cm³/mol. The van der Waals surface area contributed by atoms with Crippen molar-refractivity contribution in [1.29, 1.82) is 0 Å². The molecule has 0 radical (unpaired) electrons. The lowest BCUT2D eigenvalue weighted by Crippen LogP contribution is -2.40. The van der Waals surface area contributed by atoms with Crippen LogP contribution in [0.5, 0.6) is 0 Å². The zero-order valence-electron chi connectivity index (χ0n) is 13.9. The third-order valence-corrected chi connectivity index (χ3v) is 5.00. The van der Waals surface area contributed by atoms with Crippen molar-refractivity contribution in [1.82, 2.24) is 9.80 Å². The maximum absolute atomic E-state index is 12.3. The number of benzene rings is 1. The highest BCUT2D eigenvalue weighted by Gasteiger charge is 2.50. The van der Waals surface area contributed by atoms with E-state index in [2.05, 4.69) is 37.8 Å². The number of imide groups is 1. The molecule has 1 unspecified atom stereocenters. The van der Waals surface area contributed by atoms with Crippen molar-refractivity contribution in [2.45, 2.75) is 26.8 Å². The van der Waals surface area contributed by atoms with Crippen molar-refractivity contribution in [2.24, 2.45) is 17.3 Å². The lowest BCUT2D eigenvalue weighted by molar-refractivity contribution is -0.129. The van der Waals surface area contributed by atoms with Crippen molar-refractivity contribution >= 4 is 12.0 Å². The van der Waals surface area contributed by atoms with Gasteiger partial charge >= 0.3 is 6.09 Å². The van der Waals surface area contributed by atoms with Crippen molar-refractivity contribution in [3.05, 3.63) is 35.9 Å². The lowest BCUT2D eigenvalue weighted by Gasteiger charge is -2.39. The van der Waals surface area contributed by atoms with Crippen molar-refractivity contribution in [2.75, 3.05) is 19.6 Å². The van der Waals surface area contributed by atoms with Gasteiger partial charge in [0, 0.05) is 31.6 Å². The summed E-state index contributed by atoms with van der Waals surface area (Å²) in [7, 11) is 0. The predicted octanol–water partition coefficient (Wildman–Crippen LogP) is 2.84. The minimum Gasteiger partial charge on any atom is -0.465 e. The minimum absolute atomic E-state index is 0.0372. The van der Waals surface area contributed by atoms with Crippen LogP contribution in [0, 0.1) is 17.3 Å². The summed E-state index contributed by atoms with van der Waals surface area (Å²) in [4.78, 5) is 26.8. The number of carboxylic acid groups (broad SMARTS) is 1. The maximum atomic E-state index is 12.3. The Balaban J connectivity index is 1.83. The van der Waals surface area contributed by atoms with Crippen LogP contribution in [-0.2, 0) is 4.79 Å². The van der Waals surface area contributed by atoms with Gasteiger partial charge in [0.1, 0.15) is 0 Å². The molecule has 0 aromatic heterocycles. The van der Waals surface area contributed by atoms with Gasteiger partial charge in [-0.1, -0.05) is 51.1 Å². The van der Waals surface area contributed by atoms with E-state index in [1.807, 2.05) is 18.2 Å². The van der Waals surface area contributed by atoms with E-state index in [9.17, 15) is 9.59 Å². The molecule has 2 fully saturated rings. The molecule has 2 aliphatic rings. The molecule has 5 nitrogen and oxygen atoms in total. The Morgan fingerprint density at radius 1 is 1.17 bits per heavy atom. The summed E-state index contributed by atoms with van der Waals surface area (Å²) in [6.07, 6.45) is -1.12. The number of carbonyl (C=O) groups excluding carboxylic acids is 1. The van der Waals surface area contributed by atoms with Gasteiger partial charge in [-0.15, -0.1) is 0 Å². The van der Waals surface area contributed by atoms with Gasteiger partial charge in [0.2, 0.25) is 5.91 Å². The van der Waals surface area contributed by atoms with Gasteiger partial charge < -0.3 is 5.11 Å². The van der Waals surface area contributed by atoms with Gasteiger partial charge in [-0.2, -0.15) is 0 Å². The second-order valence-corrected chi connectivity index (χ2v) is 7.73. The van der Waals surface area contributed by atoms with E-state index in [1.165, 1.54) is 5.56 Å². The number of nitrogens with zero attached hydrogens (tertiary/aromatic N) is 2. The fourth-order valence-corrected chi connectivity index (χ4v) is 4.17. The molecule has 124 valence electrons. The summed E-state index contributed by atoms with van der Waals surface area (Å²) in [5.74, 6) is -0.294. The molecule has 2 amide bonds. The zero-order valence-corrected chi connectivity index (χ0v) is 13.9. The highest BCUT2D eigenvalue weighted by atomic mass is 16.4. The minimum atomic E-state index is -1.12. The molecule has 2 saturated heterocycles. The molecule has 23 heavy (non-hydrogen) atoms. The lowest BCUT2D eigenvalue weighted by atomic mass is 9.81. The number of rotatable bonds is 2. The average Bonchev–Trinajstić information content (AvgIpc) is 2.99. The third kappa shape index (κ3) is 2.85. The van der Waals surface area contributed by atoms with E-state index in [-0.39, 0.29) is 29.2 Å². The summed E-state index contributed by atoms with van der Waals surface area (Å²) >= 11 is 0. The summed E-state index contributed by atoms with van der Waals surface area (Å²) < 4.78 is 0. The summed E-state index contributed by atoms with van der Waals surface area (Å²) in [5, 5.41) is 9.11. The molecule has 0 saturated carbocycles. The van der Waals surface area contributed by atoms with Crippen LogP contribution in [0.2, 0.25) is 0 Å². The Bertz CT molecular complexity index is 608. The van der Waals surface area contributed by atoms with Crippen LogP contribution in [0.25, 0.3) is 0 Å². The molecule has 0 spiro atoms. The largest absolute Gasteiger partial charge is 0.465 e. The number of amides is 2. The number of carbonyl (C=O) groups is 2. The van der Waals surface area contributed by atoms with Crippen LogP contribution >= 0.6 is 0 Å². The van der Waals surface area contributed by atoms with Crippen LogP contribution in [0.3, 0.4) is 0 Å². The smallest absolute Gasteiger partial charge is 0.414 e. The van der Waals surface area contributed by atoms with Gasteiger partial charge in [0.15, 0.2) is 0 Å². The Kier molecular flexibility index (Phi) is 3.92. The fourth-order valence-electron chi connectivity index (χ4n) is 4.17. The first-order valence-corrected chi connectivity index (χ1v) is 8.12. The Morgan fingerprint density at radius 2 is 1.83 bits per heavy atom. The van der Waals surface area contributed by atoms with Crippen LogP contribution in [0.4, 0.5) is 4.79 Å². The molecular formula is C18H24N2O3. The van der Waals surface area contributed by atoms with Crippen LogP contribution in [-0.4, -0.2) is 46.5 Å².